The Labute approximate surface area is 118 Å². The number of carbonyl (C=O) groups is 1. The number of ketones is 1. The van der Waals surface area contributed by atoms with Gasteiger partial charge in [0.2, 0.25) is 0 Å². The third kappa shape index (κ3) is 2.32. The zero-order valence-electron chi connectivity index (χ0n) is 11.4. The van der Waals surface area contributed by atoms with Gasteiger partial charge in [0.25, 0.3) is 0 Å². The van der Waals surface area contributed by atoms with Crippen LogP contribution in [0.15, 0.2) is 48.5 Å². The van der Waals surface area contributed by atoms with E-state index in [1.54, 1.807) is 13.2 Å². The summed E-state index contributed by atoms with van der Waals surface area (Å²) in [6.45, 7) is 1.52. The molecule has 1 N–H and O–H groups in total. The zero-order chi connectivity index (χ0) is 13.9. The third-order valence-corrected chi connectivity index (χ3v) is 3.77. The zero-order valence-corrected chi connectivity index (χ0v) is 11.4. The molecule has 0 aromatic heterocycles. The first-order valence-corrected chi connectivity index (χ1v) is 6.76. The molecule has 0 radical (unpaired) electrons. The highest BCUT2D eigenvalue weighted by molar-refractivity contribution is 6.01. The van der Waals surface area contributed by atoms with Gasteiger partial charge in [-0.25, -0.2) is 0 Å². The molecule has 102 valence electrons. The number of methoxy groups -OCH3 is 1. The van der Waals surface area contributed by atoms with Crippen LogP contribution in [0.25, 0.3) is 0 Å². The van der Waals surface area contributed by atoms with Gasteiger partial charge in [-0.2, -0.15) is 0 Å². The number of hydrogen-bond acceptors (Lipinski definition) is 3. The van der Waals surface area contributed by atoms with Crippen molar-refractivity contribution in [3.05, 3.63) is 65.2 Å². The van der Waals surface area contributed by atoms with Crippen LogP contribution in [0.4, 0.5) is 0 Å². The lowest BCUT2D eigenvalue weighted by Gasteiger charge is -2.25. The second-order valence-electron chi connectivity index (χ2n) is 4.98. The Bertz CT molecular complexity index is 636. The number of Topliss-reactive ketones (excluding diaryl/α,β-unsaturated/α-hetero) is 1. The Morgan fingerprint density at radius 1 is 1.20 bits per heavy atom. The Hall–Kier alpha value is -2.13. The van der Waals surface area contributed by atoms with Crippen molar-refractivity contribution < 1.29 is 9.53 Å². The fourth-order valence-corrected chi connectivity index (χ4v) is 2.71. The van der Waals surface area contributed by atoms with Crippen molar-refractivity contribution in [2.24, 2.45) is 0 Å². The van der Waals surface area contributed by atoms with Gasteiger partial charge in [0.05, 0.1) is 13.0 Å². The summed E-state index contributed by atoms with van der Waals surface area (Å²) in [7, 11) is 1.61. The first kappa shape index (κ1) is 12.9. The number of nitrogens with one attached hydrogen (secondary N) is 1. The minimum atomic E-state index is -0.118. The van der Waals surface area contributed by atoms with E-state index in [0.29, 0.717) is 17.9 Å². The molecule has 0 saturated carbocycles. The van der Waals surface area contributed by atoms with Crippen LogP contribution in [0, 0.1) is 0 Å². The van der Waals surface area contributed by atoms with Crippen LogP contribution in [0.2, 0.25) is 0 Å². The van der Waals surface area contributed by atoms with Crippen molar-refractivity contribution in [2.75, 3.05) is 13.7 Å². The molecule has 3 rings (SSSR count). The van der Waals surface area contributed by atoms with Crippen LogP contribution < -0.4 is 10.1 Å². The molecule has 2 aromatic carbocycles. The monoisotopic (exact) mass is 267 g/mol. The average Bonchev–Trinajstić information content (AvgIpc) is 2.53. The van der Waals surface area contributed by atoms with E-state index in [1.165, 1.54) is 5.56 Å². The molecular formula is C17H17NO2. The number of fused-ring (bicyclic) bond motifs is 1. The molecule has 0 spiro atoms. The molecule has 0 amide bonds. The third-order valence-electron chi connectivity index (χ3n) is 3.77. The molecule has 0 fully saturated rings. The van der Waals surface area contributed by atoms with Crippen molar-refractivity contribution in [1.82, 2.24) is 5.32 Å². The van der Waals surface area contributed by atoms with E-state index in [4.69, 9.17) is 4.74 Å². The van der Waals surface area contributed by atoms with Crippen LogP contribution in [0.5, 0.6) is 5.75 Å². The van der Waals surface area contributed by atoms with Gasteiger partial charge in [-0.15, -0.1) is 0 Å². The van der Waals surface area contributed by atoms with Crippen molar-refractivity contribution >= 4 is 5.78 Å². The van der Waals surface area contributed by atoms with Crippen LogP contribution in [0.1, 0.15) is 27.4 Å². The maximum Gasteiger partial charge on any atom is 0.171 e. The fraction of sp³-hybridized carbons (Fsp3) is 0.235. The summed E-state index contributed by atoms with van der Waals surface area (Å²) in [5.74, 6) is 0.739. The van der Waals surface area contributed by atoms with E-state index >= 15 is 0 Å². The van der Waals surface area contributed by atoms with Crippen molar-refractivity contribution in [3.63, 3.8) is 0 Å². The van der Waals surface area contributed by atoms with Gasteiger partial charge in [-0.1, -0.05) is 36.4 Å². The van der Waals surface area contributed by atoms with E-state index in [0.717, 1.165) is 12.1 Å². The van der Waals surface area contributed by atoms with Gasteiger partial charge in [-0.3, -0.25) is 4.79 Å². The second kappa shape index (κ2) is 5.47. The predicted octanol–water partition coefficient (Wildman–Crippen LogP) is 2.76. The molecule has 1 aliphatic heterocycles. The second-order valence-corrected chi connectivity index (χ2v) is 4.98. The van der Waals surface area contributed by atoms with E-state index in [1.807, 2.05) is 30.3 Å². The number of rotatable bonds is 3. The number of hydrogen-bond donors (Lipinski definition) is 1. The Balaban J connectivity index is 1.95. The molecule has 0 bridgehead atoms. The molecule has 1 unspecified atom stereocenters. The van der Waals surface area contributed by atoms with E-state index in [9.17, 15) is 4.79 Å². The van der Waals surface area contributed by atoms with Crippen LogP contribution in [-0.4, -0.2) is 19.4 Å². The van der Waals surface area contributed by atoms with Crippen LogP contribution in [-0.2, 0) is 6.54 Å². The predicted molar refractivity (Wildman–Crippen MR) is 78.2 cm³/mol. The highest BCUT2D eigenvalue weighted by Gasteiger charge is 2.26. The molecule has 2 aromatic rings. The van der Waals surface area contributed by atoms with Crippen molar-refractivity contribution in [3.8, 4) is 5.75 Å². The quantitative estimate of drug-likeness (QED) is 0.869. The normalized spacial score (nSPS) is 17.4. The van der Waals surface area contributed by atoms with E-state index in [2.05, 4.69) is 17.4 Å². The summed E-state index contributed by atoms with van der Waals surface area (Å²) in [6, 6.07) is 15.5. The van der Waals surface area contributed by atoms with Gasteiger partial charge < -0.3 is 10.1 Å². The van der Waals surface area contributed by atoms with Gasteiger partial charge >= 0.3 is 0 Å². The summed E-state index contributed by atoms with van der Waals surface area (Å²) in [5.41, 5.74) is 3.05. The minimum absolute atomic E-state index is 0.118. The fourth-order valence-electron chi connectivity index (χ4n) is 2.71. The molecule has 3 heteroatoms. The lowest BCUT2D eigenvalue weighted by molar-refractivity contribution is 0.0954. The first-order chi connectivity index (χ1) is 9.79. The molecule has 0 aliphatic carbocycles. The SMILES string of the molecule is COc1cccc(C(=O)C2CNCc3ccccc32)c1. The average molecular weight is 267 g/mol. The minimum Gasteiger partial charge on any atom is -0.497 e. The summed E-state index contributed by atoms with van der Waals surface area (Å²) in [5, 5.41) is 3.32. The van der Waals surface area contributed by atoms with E-state index in [-0.39, 0.29) is 11.7 Å². The van der Waals surface area contributed by atoms with Crippen molar-refractivity contribution in [1.29, 1.82) is 0 Å². The summed E-state index contributed by atoms with van der Waals surface area (Å²) in [6.07, 6.45) is 0. The lowest BCUT2D eigenvalue weighted by Crippen LogP contribution is -2.32. The largest absolute Gasteiger partial charge is 0.497 e. The molecule has 1 aliphatic rings. The molecular weight excluding hydrogens is 250 g/mol. The van der Waals surface area contributed by atoms with Crippen LogP contribution >= 0.6 is 0 Å². The number of carbonyl (C=O) groups excluding carboxylic acids is 1. The Kier molecular flexibility index (Phi) is 3.52. The lowest BCUT2D eigenvalue weighted by atomic mass is 9.85. The van der Waals surface area contributed by atoms with Crippen molar-refractivity contribution in [2.45, 2.75) is 12.5 Å². The first-order valence-electron chi connectivity index (χ1n) is 6.76. The summed E-state index contributed by atoms with van der Waals surface area (Å²) >= 11 is 0. The standard InChI is InChI=1S/C17H17NO2/c1-20-14-7-4-6-12(9-14)17(19)16-11-18-10-13-5-2-3-8-15(13)16/h2-9,16,18H,10-11H2,1H3. The highest BCUT2D eigenvalue weighted by atomic mass is 16.5. The smallest absolute Gasteiger partial charge is 0.171 e. The maximum atomic E-state index is 12.7. The molecule has 1 heterocycles. The maximum absolute atomic E-state index is 12.7. The molecule has 20 heavy (non-hydrogen) atoms. The van der Waals surface area contributed by atoms with E-state index < -0.39 is 0 Å². The van der Waals surface area contributed by atoms with Gasteiger partial charge in [0, 0.05) is 18.7 Å². The van der Waals surface area contributed by atoms with Gasteiger partial charge in [0.15, 0.2) is 5.78 Å². The Morgan fingerprint density at radius 2 is 2.05 bits per heavy atom. The summed E-state index contributed by atoms with van der Waals surface area (Å²) < 4.78 is 5.19. The van der Waals surface area contributed by atoms with Crippen LogP contribution in [0.3, 0.4) is 0 Å². The summed E-state index contributed by atoms with van der Waals surface area (Å²) in [4.78, 5) is 12.7. The molecule has 0 saturated heterocycles. The van der Waals surface area contributed by atoms with Gasteiger partial charge in [0.1, 0.15) is 5.75 Å². The Morgan fingerprint density at radius 3 is 2.90 bits per heavy atom. The van der Waals surface area contributed by atoms with Gasteiger partial charge in [-0.05, 0) is 23.3 Å². The number of benzene rings is 2. The highest BCUT2D eigenvalue weighted by Crippen LogP contribution is 2.28. The molecule has 3 nitrogen and oxygen atoms in total. The topological polar surface area (TPSA) is 38.3 Å². The number of ether oxygens (including phenoxy) is 1. The molecule has 1 atom stereocenters.